The van der Waals surface area contributed by atoms with Crippen molar-refractivity contribution in [3.8, 4) is 0 Å². The second-order valence-electron chi connectivity index (χ2n) is 2.64. The second kappa shape index (κ2) is 10.2. The molecule has 0 aliphatic carbocycles. The molecule has 0 aromatic carbocycles. The first-order valence-corrected chi connectivity index (χ1v) is 10.4. The summed E-state index contributed by atoms with van der Waals surface area (Å²) in [5, 5.41) is 0. The molecular weight excluding hydrogens is 255 g/mol. The van der Waals surface area contributed by atoms with Gasteiger partial charge in [0.05, 0.1) is 0 Å². The van der Waals surface area contributed by atoms with Crippen molar-refractivity contribution < 1.29 is 0 Å². The van der Waals surface area contributed by atoms with Crippen LogP contribution in [0.3, 0.4) is 0 Å². The maximum absolute atomic E-state index is 2.92. The zero-order valence-electron chi connectivity index (χ0n) is 6.94. The molecule has 0 rings (SSSR count). The van der Waals surface area contributed by atoms with E-state index in [1.165, 1.54) is 43.0 Å². The van der Waals surface area contributed by atoms with Crippen molar-refractivity contribution in [2.45, 2.75) is 49.9 Å². The van der Waals surface area contributed by atoms with Crippen LogP contribution in [0.15, 0.2) is 0 Å². The van der Waals surface area contributed by atoms with Gasteiger partial charge < -0.3 is 0 Å². The van der Waals surface area contributed by atoms with Gasteiger partial charge in [-0.2, -0.15) is 0 Å². The Hall–Kier alpha value is 1.22. The summed E-state index contributed by atoms with van der Waals surface area (Å²) in [5.74, 6) is 0. The van der Waals surface area contributed by atoms with E-state index in [0.29, 0.717) is 20.4 Å². The van der Waals surface area contributed by atoms with Crippen molar-refractivity contribution in [2.75, 3.05) is 0 Å². The molecule has 62 valence electrons. The molecule has 0 bridgehead atoms. The summed E-state index contributed by atoms with van der Waals surface area (Å²) in [5.41, 5.74) is 0. The second-order valence-corrected chi connectivity index (χ2v) is 6.99. The average molecular weight is 274 g/mol. The third-order valence-electron chi connectivity index (χ3n) is 1.62. The van der Waals surface area contributed by atoms with E-state index in [0.717, 1.165) is 0 Å². The Morgan fingerprint density at radius 3 is 2.20 bits per heavy atom. The molecule has 0 spiro atoms. The minimum atomic E-state index is 0.355. The molecule has 0 aromatic heterocycles. The Labute approximate surface area is 77.2 Å². The van der Waals surface area contributed by atoms with Crippen LogP contribution < -0.4 is 0 Å². The molecule has 0 N–H and O–H groups in total. The van der Waals surface area contributed by atoms with E-state index >= 15 is 0 Å². The van der Waals surface area contributed by atoms with Crippen molar-refractivity contribution in [1.29, 1.82) is 0 Å². The van der Waals surface area contributed by atoms with Crippen LogP contribution in [0.25, 0.3) is 0 Å². The van der Waals surface area contributed by atoms with E-state index in [9.17, 15) is 0 Å². The van der Waals surface area contributed by atoms with Gasteiger partial charge in [-0.05, 0) is 0 Å². The Kier molecular flexibility index (Phi) is 11.5. The van der Waals surface area contributed by atoms with Crippen molar-refractivity contribution in [3.05, 3.63) is 0 Å². The van der Waals surface area contributed by atoms with E-state index in [4.69, 9.17) is 0 Å². The van der Waals surface area contributed by atoms with Gasteiger partial charge in [-0.25, -0.2) is 0 Å². The first-order valence-electron chi connectivity index (χ1n) is 4.23. The van der Waals surface area contributed by atoms with Gasteiger partial charge in [-0.3, -0.25) is 0 Å². The summed E-state index contributed by atoms with van der Waals surface area (Å²) < 4.78 is 1.53. The topological polar surface area (TPSA) is 0 Å². The van der Waals surface area contributed by atoms with Crippen LogP contribution in [0.4, 0.5) is 0 Å². The van der Waals surface area contributed by atoms with Crippen molar-refractivity contribution in [1.82, 2.24) is 0 Å². The van der Waals surface area contributed by atoms with Gasteiger partial charge in [0.2, 0.25) is 0 Å². The summed E-state index contributed by atoms with van der Waals surface area (Å²) >= 11 is 0.355. The number of hydrogen-bond donors (Lipinski definition) is 0. The number of rotatable bonds is 7. The van der Waals surface area contributed by atoms with Crippen LogP contribution in [-0.2, 0) is 0 Å². The third-order valence-corrected chi connectivity index (χ3v) is 4.69. The Morgan fingerprint density at radius 2 is 1.60 bits per heavy atom. The molecule has 0 heterocycles. The fraction of sp³-hybridized carbons (Fsp3) is 1.00. The predicted molar refractivity (Wildman–Crippen MR) is 53.6 cm³/mol. The Balaban J connectivity index is 2.65. The third kappa shape index (κ3) is 9.22. The maximum atomic E-state index is 2.92. The first-order chi connectivity index (χ1) is 4.91. The van der Waals surface area contributed by atoms with E-state index in [2.05, 4.69) is 13.9 Å². The van der Waals surface area contributed by atoms with Crippen LogP contribution in [0.5, 0.6) is 0 Å². The van der Waals surface area contributed by atoms with Crippen LogP contribution >= 0.6 is 6.93 Å². The molecule has 0 amide bonds. The summed E-state index contributed by atoms with van der Waals surface area (Å²) in [6.07, 6.45) is 8.74. The molecule has 0 aliphatic heterocycles. The summed E-state index contributed by atoms with van der Waals surface area (Å²) in [6.45, 7) is 5.19. The molecule has 1 unspecified atom stereocenters. The molecule has 0 nitrogen and oxygen atoms in total. The van der Waals surface area contributed by atoms with Gasteiger partial charge >= 0.3 is 77.2 Å². The first kappa shape index (κ1) is 11.2. The van der Waals surface area contributed by atoms with E-state index < -0.39 is 0 Å². The summed E-state index contributed by atoms with van der Waals surface area (Å²) in [7, 11) is 0. The van der Waals surface area contributed by atoms with E-state index in [1.807, 2.05) is 0 Å². The number of unbranched alkanes of at least 4 members (excludes halogenated alkanes) is 5. The SMILES string of the molecule is CCCCCCCC[Te]P. The standard InChI is InChI=1S/C8H19PTe/c1-2-3-4-5-6-7-8-10-9/h2-9H2,1H3. The van der Waals surface area contributed by atoms with Crippen LogP contribution in [0, 0.1) is 0 Å². The Bertz CT molecular complexity index is 49.2. The molecule has 0 fully saturated rings. The van der Waals surface area contributed by atoms with Gasteiger partial charge in [0.25, 0.3) is 0 Å². The quantitative estimate of drug-likeness (QED) is 0.379. The zero-order valence-corrected chi connectivity index (χ0v) is 10.4. The summed E-state index contributed by atoms with van der Waals surface area (Å²) in [4.78, 5) is 0. The molecule has 0 radical (unpaired) electrons. The summed E-state index contributed by atoms with van der Waals surface area (Å²) in [6, 6.07) is 0. The van der Waals surface area contributed by atoms with Crippen molar-refractivity contribution in [3.63, 3.8) is 0 Å². The van der Waals surface area contributed by atoms with Gasteiger partial charge in [0, 0.05) is 0 Å². The molecular formula is C8H19PTe. The van der Waals surface area contributed by atoms with E-state index in [1.54, 1.807) is 0 Å². The molecule has 0 aliphatic rings. The molecule has 0 saturated carbocycles. The van der Waals surface area contributed by atoms with E-state index in [-0.39, 0.29) is 0 Å². The van der Waals surface area contributed by atoms with Crippen molar-refractivity contribution in [2.24, 2.45) is 0 Å². The van der Waals surface area contributed by atoms with Gasteiger partial charge in [-0.15, -0.1) is 0 Å². The molecule has 2 heteroatoms. The Morgan fingerprint density at radius 1 is 1.00 bits per heavy atom. The zero-order chi connectivity index (χ0) is 7.66. The monoisotopic (exact) mass is 276 g/mol. The van der Waals surface area contributed by atoms with Crippen LogP contribution in [0.2, 0.25) is 4.47 Å². The fourth-order valence-electron chi connectivity index (χ4n) is 0.966. The normalized spacial score (nSPS) is 10.2. The van der Waals surface area contributed by atoms with Crippen molar-refractivity contribution >= 4 is 27.3 Å². The molecule has 10 heavy (non-hydrogen) atoms. The average Bonchev–Trinajstić information content (AvgIpc) is 1.97. The molecule has 1 atom stereocenters. The minimum absolute atomic E-state index is 0.355. The van der Waals surface area contributed by atoms with Crippen LogP contribution in [0.1, 0.15) is 45.4 Å². The van der Waals surface area contributed by atoms with Gasteiger partial charge in [-0.1, -0.05) is 0 Å². The van der Waals surface area contributed by atoms with Gasteiger partial charge in [0.1, 0.15) is 0 Å². The predicted octanol–water partition coefficient (Wildman–Crippen LogP) is 3.26. The molecule has 0 aromatic rings. The van der Waals surface area contributed by atoms with Crippen LogP contribution in [-0.4, -0.2) is 20.4 Å². The number of hydrogen-bond acceptors (Lipinski definition) is 0. The van der Waals surface area contributed by atoms with Gasteiger partial charge in [0.15, 0.2) is 0 Å². The molecule has 0 saturated heterocycles. The fourth-order valence-corrected chi connectivity index (χ4v) is 3.14.